The Balaban J connectivity index is 1.41. The second-order valence-electron chi connectivity index (χ2n) is 9.45. The molecule has 4 rings (SSSR count). The summed E-state index contributed by atoms with van der Waals surface area (Å²) in [5, 5.41) is 33.6. The maximum atomic E-state index is 13.0. The summed E-state index contributed by atoms with van der Waals surface area (Å²) in [5.74, 6) is -3.62. The SMILES string of the molecule is CC(C)(C)OC(=O)c1ccsc1CC(=O)NC1C(=O)N2C(C(=O)O)=C(CSc3nnnn3CC(=O)O)CS[C@H]12. The van der Waals surface area contributed by atoms with Crippen molar-refractivity contribution in [3.63, 3.8) is 0 Å². The van der Waals surface area contributed by atoms with Gasteiger partial charge in [0, 0.05) is 16.4 Å². The van der Waals surface area contributed by atoms with E-state index >= 15 is 0 Å². The van der Waals surface area contributed by atoms with Crippen LogP contribution < -0.4 is 5.32 Å². The van der Waals surface area contributed by atoms with Crippen molar-refractivity contribution in [1.82, 2.24) is 30.4 Å². The molecule has 208 valence electrons. The molecular weight excluding hydrogens is 572 g/mol. The maximum Gasteiger partial charge on any atom is 0.352 e. The Bertz CT molecular complexity index is 1360. The zero-order valence-electron chi connectivity index (χ0n) is 20.9. The van der Waals surface area contributed by atoms with Crippen LogP contribution in [0.2, 0.25) is 0 Å². The highest BCUT2D eigenvalue weighted by Crippen LogP contribution is 2.41. The third kappa shape index (κ3) is 6.42. The first kappa shape index (κ1) is 28.6. The van der Waals surface area contributed by atoms with E-state index in [1.54, 1.807) is 32.2 Å². The molecule has 0 bridgehead atoms. The Labute approximate surface area is 234 Å². The summed E-state index contributed by atoms with van der Waals surface area (Å²) in [6.07, 6.45) is -0.137. The molecule has 2 amide bonds. The Hall–Kier alpha value is -3.44. The number of carbonyl (C=O) groups excluding carboxylic acids is 3. The number of fused-ring (bicyclic) bond motifs is 1. The smallest absolute Gasteiger partial charge is 0.352 e. The molecule has 1 unspecified atom stereocenters. The van der Waals surface area contributed by atoms with Crippen LogP contribution in [0.3, 0.4) is 0 Å². The van der Waals surface area contributed by atoms with Gasteiger partial charge in [-0.25, -0.2) is 14.3 Å². The monoisotopic (exact) mass is 596 g/mol. The molecular formula is C22H24N6O8S3. The van der Waals surface area contributed by atoms with E-state index in [1.807, 2.05) is 0 Å². The predicted octanol–water partition coefficient (Wildman–Crippen LogP) is 0.848. The van der Waals surface area contributed by atoms with Gasteiger partial charge in [0.2, 0.25) is 11.1 Å². The van der Waals surface area contributed by atoms with E-state index in [9.17, 15) is 29.1 Å². The number of hydrogen-bond acceptors (Lipinski definition) is 12. The van der Waals surface area contributed by atoms with Crippen LogP contribution in [-0.2, 0) is 36.9 Å². The van der Waals surface area contributed by atoms with Crippen LogP contribution in [0.5, 0.6) is 0 Å². The lowest BCUT2D eigenvalue weighted by Gasteiger charge is -2.49. The highest BCUT2D eigenvalue weighted by molar-refractivity contribution is 8.01. The van der Waals surface area contributed by atoms with Crippen LogP contribution in [0.25, 0.3) is 0 Å². The number of esters is 1. The van der Waals surface area contributed by atoms with E-state index in [0.29, 0.717) is 10.5 Å². The molecule has 2 aromatic rings. The van der Waals surface area contributed by atoms with E-state index < -0.39 is 53.3 Å². The lowest BCUT2D eigenvalue weighted by atomic mass is 10.0. The molecule has 14 nitrogen and oxygen atoms in total. The Morgan fingerprint density at radius 3 is 2.67 bits per heavy atom. The first-order valence-corrected chi connectivity index (χ1v) is 14.4. The molecule has 2 aliphatic rings. The highest BCUT2D eigenvalue weighted by atomic mass is 32.2. The van der Waals surface area contributed by atoms with Gasteiger partial charge in [-0.2, -0.15) is 0 Å². The Kier molecular flexibility index (Phi) is 8.31. The summed E-state index contributed by atoms with van der Waals surface area (Å²) >= 11 is 3.58. The normalized spacial score (nSPS) is 18.8. The van der Waals surface area contributed by atoms with Gasteiger partial charge in [0.15, 0.2) is 0 Å². The van der Waals surface area contributed by atoms with Crippen molar-refractivity contribution in [2.24, 2.45) is 0 Å². The number of thiophene rings is 1. The van der Waals surface area contributed by atoms with Crippen molar-refractivity contribution >= 4 is 64.6 Å². The number of nitrogens with one attached hydrogen (secondary N) is 1. The molecule has 3 N–H and O–H groups in total. The molecule has 0 saturated carbocycles. The third-order valence-electron chi connectivity index (χ3n) is 5.41. The van der Waals surface area contributed by atoms with Gasteiger partial charge >= 0.3 is 17.9 Å². The topological polar surface area (TPSA) is 194 Å². The number of nitrogens with zero attached hydrogens (tertiary/aromatic N) is 5. The van der Waals surface area contributed by atoms with Crippen LogP contribution in [0.15, 0.2) is 27.9 Å². The molecule has 2 aliphatic heterocycles. The van der Waals surface area contributed by atoms with Crippen molar-refractivity contribution in [2.45, 2.75) is 55.9 Å². The minimum atomic E-state index is -1.29. The van der Waals surface area contributed by atoms with Gasteiger partial charge in [0.05, 0.1) is 12.0 Å². The number of rotatable bonds is 10. The van der Waals surface area contributed by atoms with E-state index in [-0.39, 0.29) is 34.3 Å². The van der Waals surface area contributed by atoms with Crippen molar-refractivity contribution < 1.29 is 38.9 Å². The van der Waals surface area contributed by atoms with Gasteiger partial charge in [-0.15, -0.1) is 28.2 Å². The number of thioether (sulfide) groups is 2. The van der Waals surface area contributed by atoms with Gasteiger partial charge in [-0.3, -0.25) is 19.3 Å². The zero-order valence-corrected chi connectivity index (χ0v) is 23.4. The standard InChI is InChI=1S/C22H24N6O8S3/c1-22(2,3)36-20(35)11-4-5-37-12(11)6-13(29)23-15-17(32)28-16(19(33)34)10(8-38-18(15)28)9-39-21-24-25-26-27(21)7-14(30)31/h4-5,15,18H,6-9H2,1-3H3,(H,23,29)(H,30,31)(H,33,34)/t15?,18-/m1/s1. The Morgan fingerprint density at radius 2 is 2.00 bits per heavy atom. The minimum Gasteiger partial charge on any atom is -0.480 e. The van der Waals surface area contributed by atoms with E-state index in [4.69, 9.17) is 9.84 Å². The molecule has 1 fully saturated rings. The van der Waals surface area contributed by atoms with Crippen molar-refractivity contribution in [2.75, 3.05) is 11.5 Å². The lowest BCUT2D eigenvalue weighted by Crippen LogP contribution is -2.70. The summed E-state index contributed by atoms with van der Waals surface area (Å²) in [7, 11) is 0. The quantitative estimate of drug-likeness (QED) is 0.199. The highest BCUT2D eigenvalue weighted by Gasteiger charge is 2.54. The fraction of sp³-hybridized carbons (Fsp3) is 0.455. The predicted molar refractivity (Wildman–Crippen MR) is 139 cm³/mol. The average Bonchev–Trinajstić information content (AvgIpc) is 3.48. The summed E-state index contributed by atoms with van der Waals surface area (Å²) in [6.45, 7) is 4.78. The lowest BCUT2D eigenvalue weighted by molar-refractivity contribution is -0.150. The number of carbonyl (C=O) groups is 5. The van der Waals surface area contributed by atoms with Crippen LogP contribution in [0.1, 0.15) is 36.0 Å². The van der Waals surface area contributed by atoms with E-state index in [1.165, 1.54) is 23.1 Å². The molecule has 1 saturated heterocycles. The number of carboxylic acid groups (broad SMARTS) is 2. The van der Waals surface area contributed by atoms with Crippen LogP contribution >= 0.6 is 34.9 Å². The molecule has 4 heterocycles. The largest absolute Gasteiger partial charge is 0.480 e. The van der Waals surface area contributed by atoms with Crippen LogP contribution in [-0.4, -0.2) is 93.6 Å². The zero-order chi connectivity index (χ0) is 28.5. The molecule has 2 aromatic heterocycles. The molecule has 17 heteroatoms. The second-order valence-corrected chi connectivity index (χ2v) is 12.5. The van der Waals surface area contributed by atoms with Crippen LogP contribution in [0.4, 0.5) is 0 Å². The number of aromatic nitrogens is 4. The van der Waals surface area contributed by atoms with Crippen molar-refractivity contribution in [3.8, 4) is 0 Å². The summed E-state index contributed by atoms with van der Waals surface area (Å²) in [6, 6.07) is 0.664. The first-order chi connectivity index (χ1) is 18.4. The summed E-state index contributed by atoms with van der Waals surface area (Å²) < 4.78 is 6.47. The number of aliphatic carboxylic acids is 2. The molecule has 0 aromatic carbocycles. The molecule has 0 spiro atoms. The fourth-order valence-corrected chi connectivity index (χ4v) is 7.06. The number of carboxylic acids is 2. The number of hydrogen-bond donors (Lipinski definition) is 3. The van der Waals surface area contributed by atoms with E-state index in [2.05, 4.69) is 20.8 Å². The number of amides is 2. The molecule has 0 aliphatic carbocycles. The Morgan fingerprint density at radius 1 is 1.26 bits per heavy atom. The third-order valence-corrected chi connectivity index (χ3v) is 8.72. The van der Waals surface area contributed by atoms with Crippen molar-refractivity contribution in [1.29, 1.82) is 0 Å². The van der Waals surface area contributed by atoms with Gasteiger partial charge < -0.3 is 20.3 Å². The van der Waals surface area contributed by atoms with Crippen LogP contribution in [0, 0.1) is 0 Å². The molecule has 2 atom stereocenters. The summed E-state index contributed by atoms with van der Waals surface area (Å²) in [4.78, 5) is 62.9. The number of β-lactam (4-membered cyclic amide) rings is 1. The van der Waals surface area contributed by atoms with Gasteiger partial charge in [-0.1, -0.05) is 11.8 Å². The second kappa shape index (κ2) is 11.4. The number of ether oxygens (including phenoxy) is 1. The average molecular weight is 597 g/mol. The number of tetrazole rings is 1. The first-order valence-electron chi connectivity index (χ1n) is 11.5. The van der Waals surface area contributed by atoms with Gasteiger partial charge in [-0.05, 0) is 48.2 Å². The van der Waals surface area contributed by atoms with Crippen molar-refractivity contribution in [3.05, 3.63) is 33.2 Å². The summed E-state index contributed by atoms with van der Waals surface area (Å²) in [5.41, 5.74) is -0.147. The molecule has 0 radical (unpaired) electrons. The molecule has 39 heavy (non-hydrogen) atoms. The van der Waals surface area contributed by atoms with Gasteiger partial charge in [0.25, 0.3) is 5.91 Å². The van der Waals surface area contributed by atoms with Gasteiger partial charge in [0.1, 0.15) is 29.3 Å². The maximum absolute atomic E-state index is 13.0. The minimum absolute atomic E-state index is 0.119. The fourth-order valence-electron chi connectivity index (χ4n) is 3.84. The van der Waals surface area contributed by atoms with E-state index in [0.717, 1.165) is 21.3 Å².